The number of carbonyl (C=O) groups excluding carboxylic acids is 2. The fourth-order valence-corrected chi connectivity index (χ4v) is 3.41. The lowest BCUT2D eigenvalue weighted by Gasteiger charge is -2.34. The van der Waals surface area contributed by atoms with Crippen molar-refractivity contribution in [3.8, 4) is 0 Å². The van der Waals surface area contributed by atoms with Gasteiger partial charge in [-0.15, -0.1) is 0 Å². The molecule has 1 aromatic carbocycles. The van der Waals surface area contributed by atoms with Gasteiger partial charge in [0.25, 0.3) is 5.91 Å². The summed E-state index contributed by atoms with van der Waals surface area (Å²) in [7, 11) is 0. The van der Waals surface area contributed by atoms with E-state index in [2.05, 4.69) is 17.0 Å². The molecule has 7 nitrogen and oxygen atoms in total. The number of aromatic nitrogens is 2. The molecule has 7 heteroatoms. The Balaban J connectivity index is 1.47. The van der Waals surface area contributed by atoms with E-state index in [1.807, 2.05) is 36.5 Å². The van der Waals surface area contributed by atoms with Crippen molar-refractivity contribution in [1.29, 1.82) is 0 Å². The number of anilines is 1. The fourth-order valence-electron chi connectivity index (χ4n) is 3.41. The molecule has 2 aromatic heterocycles. The highest BCUT2D eigenvalue weighted by Crippen LogP contribution is 2.27. The van der Waals surface area contributed by atoms with Crippen LogP contribution in [0.4, 0.5) is 5.69 Å². The maximum Gasteiger partial charge on any atom is 0.287 e. The molecule has 1 aliphatic heterocycles. The molecule has 3 aromatic rings. The zero-order chi connectivity index (χ0) is 19.5. The van der Waals surface area contributed by atoms with Gasteiger partial charge < -0.3 is 14.6 Å². The average molecular weight is 376 g/mol. The minimum Gasteiger partial charge on any atom is -0.454 e. The first-order chi connectivity index (χ1) is 13.6. The van der Waals surface area contributed by atoms with Gasteiger partial charge in [0.2, 0.25) is 5.91 Å². The summed E-state index contributed by atoms with van der Waals surface area (Å²) in [5.74, 6) is 0.391. The van der Waals surface area contributed by atoms with Crippen LogP contribution < -0.4 is 10.2 Å². The Bertz CT molecular complexity index is 1010. The van der Waals surface area contributed by atoms with Gasteiger partial charge in [0, 0.05) is 24.6 Å². The van der Waals surface area contributed by atoms with E-state index < -0.39 is 0 Å². The third-order valence-electron chi connectivity index (χ3n) is 4.69. The molecule has 2 amide bonds. The highest BCUT2D eigenvalue weighted by atomic mass is 16.4. The third-order valence-corrected chi connectivity index (χ3v) is 4.69. The summed E-state index contributed by atoms with van der Waals surface area (Å²) in [5, 5.41) is 7.10. The number of nitrogens with one attached hydrogen (secondary N) is 1. The molecule has 0 saturated heterocycles. The number of carbonyl (C=O) groups is 2. The summed E-state index contributed by atoms with van der Waals surface area (Å²) >= 11 is 0. The first-order valence-corrected chi connectivity index (χ1v) is 9.03. The van der Waals surface area contributed by atoms with E-state index in [4.69, 9.17) is 4.42 Å². The predicted octanol–water partition coefficient (Wildman–Crippen LogP) is 2.40. The standard InChI is InChI=1S/C21H20N4O3/c1-2-20(26)25-13-16(12-15-6-3-4-7-18(15)25)23-21(27)19-9-8-17(28-19)14-24-11-5-10-22-24/h2-11,16H,1,12-14H2,(H,23,27). The summed E-state index contributed by atoms with van der Waals surface area (Å²) in [4.78, 5) is 26.5. The van der Waals surface area contributed by atoms with Crippen LogP contribution in [0, 0.1) is 0 Å². The van der Waals surface area contributed by atoms with Gasteiger partial charge in [-0.25, -0.2) is 0 Å². The van der Waals surface area contributed by atoms with Crippen LogP contribution in [-0.4, -0.2) is 34.2 Å². The topological polar surface area (TPSA) is 80.4 Å². The number of amides is 2. The van der Waals surface area contributed by atoms with Crippen molar-refractivity contribution in [2.75, 3.05) is 11.4 Å². The largest absolute Gasteiger partial charge is 0.454 e. The zero-order valence-electron chi connectivity index (χ0n) is 15.2. The molecule has 3 heterocycles. The van der Waals surface area contributed by atoms with Crippen molar-refractivity contribution in [3.05, 3.63) is 84.6 Å². The summed E-state index contributed by atoms with van der Waals surface area (Å²) in [6, 6.07) is 12.7. The quantitative estimate of drug-likeness (QED) is 0.694. The van der Waals surface area contributed by atoms with E-state index in [-0.39, 0.29) is 23.6 Å². The summed E-state index contributed by atoms with van der Waals surface area (Å²) in [5.41, 5.74) is 1.87. The molecule has 0 aliphatic carbocycles. The second-order valence-corrected chi connectivity index (χ2v) is 6.63. The van der Waals surface area contributed by atoms with Crippen molar-refractivity contribution in [1.82, 2.24) is 15.1 Å². The van der Waals surface area contributed by atoms with E-state index in [9.17, 15) is 9.59 Å². The first kappa shape index (κ1) is 17.8. The monoisotopic (exact) mass is 376 g/mol. The van der Waals surface area contributed by atoms with E-state index in [0.29, 0.717) is 25.3 Å². The number of benzene rings is 1. The minimum absolute atomic E-state index is 0.189. The number of fused-ring (bicyclic) bond motifs is 1. The minimum atomic E-state index is -0.304. The second-order valence-electron chi connectivity index (χ2n) is 6.63. The molecule has 1 aliphatic rings. The van der Waals surface area contributed by atoms with Crippen LogP contribution in [0.15, 0.2) is 71.9 Å². The molecule has 0 spiro atoms. The van der Waals surface area contributed by atoms with E-state index in [1.54, 1.807) is 27.9 Å². The highest BCUT2D eigenvalue weighted by molar-refractivity contribution is 6.02. The van der Waals surface area contributed by atoms with Crippen molar-refractivity contribution in [2.24, 2.45) is 0 Å². The maximum atomic E-state index is 12.6. The Labute approximate surface area is 162 Å². The molecule has 28 heavy (non-hydrogen) atoms. The molecule has 0 saturated carbocycles. The summed E-state index contributed by atoms with van der Waals surface area (Å²) in [6.45, 7) is 4.42. The number of hydrogen-bond donors (Lipinski definition) is 1. The van der Waals surface area contributed by atoms with Crippen LogP contribution in [0.3, 0.4) is 0 Å². The number of nitrogens with zero attached hydrogens (tertiary/aromatic N) is 3. The van der Waals surface area contributed by atoms with E-state index >= 15 is 0 Å². The lowest BCUT2D eigenvalue weighted by atomic mass is 9.97. The van der Waals surface area contributed by atoms with E-state index in [1.165, 1.54) is 6.08 Å². The lowest BCUT2D eigenvalue weighted by Crippen LogP contribution is -2.49. The van der Waals surface area contributed by atoms with Crippen LogP contribution in [0.5, 0.6) is 0 Å². The third kappa shape index (κ3) is 3.59. The molecule has 1 atom stereocenters. The molecular weight excluding hydrogens is 356 g/mol. The van der Waals surface area contributed by atoms with Crippen LogP contribution in [-0.2, 0) is 17.8 Å². The molecule has 0 radical (unpaired) electrons. The van der Waals surface area contributed by atoms with Gasteiger partial charge in [-0.3, -0.25) is 14.3 Å². The molecule has 4 rings (SSSR count). The van der Waals surface area contributed by atoms with Crippen LogP contribution in [0.25, 0.3) is 0 Å². The van der Waals surface area contributed by atoms with Crippen molar-refractivity contribution >= 4 is 17.5 Å². The Morgan fingerprint density at radius 2 is 2.11 bits per heavy atom. The SMILES string of the molecule is C=CC(=O)N1CC(NC(=O)c2ccc(Cn3cccn3)o2)Cc2ccccc21. The zero-order valence-corrected chi connectivity index (χ0v) is 15.2. The Morgan fingerprint density at radius 3 is 2.89 bits per heavy atom. The van der Waals surface area contributed by atoms with Crippen LogP contribution >= 0.6 is 0 Å². The van der Waals surface area contributed by atoms with Gasteiger partial charge >= 0.3 is 0 Å². The molecule has 0 fully saturated rings. The van der Waals surface area contributed by atoms with Gasteiger partial charge in [0.1, 0.15) is 5.76 Å². The van der Waals surface area contributed by atoms with Crippen molar-refractivity contribution in [3.63, 3.8) is 0 Å². The summed E-state index contributed by atoms with van der Waals surface area (Å²) in [6.07, 6.45) is 5.44. The second kappa shape index (κ2) is 7.56. The van der Waals surface area contributed by atoms with Crippen LogP contribution in [0.1, 0.15) is 21.9 Å². The number of rotatable bonds is 5. The molecular formula is C21H20N4O3. The number of hydrogen-bond acceptors (Lipinski definition) is 4. The van der Waals surface area contributed by atoms with Crippen LogP contribution in [0.2, 0.25) is 0 Å². The number of para-hydroxylation sites is 1. The van der Waals surface area contributed by atoms with Gasteiger partial charge in [-0.1, -0.05) is 24.8 Å². The maximum absolute atomic E-state index is 12.6. The van der Waals surface area contributed by atoms with Crippen molar-refractivity contribution in [2.45, 2.75) is 19.0 Å². The molecule has 0 bridgehead atoms. The number of furan rings is 1. The van der Waals surface area contributed by atoms with Crippen molar-refractivity contribution < 1.29 is 14.0 Å². The predicted molar refractivity (Wildman–Crippen MR) is 104 cm³/mol. The Kier molecular flexibility index (Phi) is 4.80. The lowest BCUT2D eigenvalue weighted by molar-refractivity contribution is -0.114. The van der Waals surface area contributed by atoms with Gasteiger partial charge in [-0.05, 0) is 42.3 Å². The molecule has 1 N–H and O–H groups in total. The summed E-state index contributed by atoms with van der Waals surface area (Å²) < 4.78 is 7.38. The smallest absolute Gasteiger partial charge is 0.287 e. The normalized spacial score (nSPS) is 15.7. The highest BCUT2D eigenvalue weighted by Gasteiger charge is 2.28. The molecule has 142 valence electrons. The van der Waals surface area contributed by atoms with Gasteiger partial charge in [-0.2, -0.15) is 5.10 Å². The molecule has 1 unspecified atom stereocenters. The Hall–Kier alpha value is -3.61. The first-order valence-electron chi connectivity index (χ1n) is 9.03. The average Bonchev–Trinajstić information content (AvgIpc) is 3.39. The van der Waals surface area contributed by atoms with E-state index in [0.717, 1.165) is 11.3 Å². The Morgan fingerprint density at radius 1 is 1.25 bits per heavy atom. The van der Waals surface area contributed by atoms with Gasteiger partial charge in [0.15, 0.2) is 5.76 Å². The fraction of sp³-hybridized carbons (Fsp3) is 0.190. The van der Waals surface area contributed by atoms with Gasteiger partial charge in [0.05, 0.1) is 12.6 Å².